The summed E-state index contributed by atoms with van der Waals surface area (Å²) >= 11 is 3.04. The summed E-state index contributed by atoms with van der Waals surface area (Å²) in [7, 11) is -1.13. The topological polar surface area (TPSA) is 112 Å². The number of benzene rings is 4. The monoisotopic (exact) mass is 732 g/mol. The van der Waals surface area contributed by atoms with Crippen LogP contribution in [0.4, 0.5) is 0 Å². The number of nitrogens with one attached hydrogen (secondary N) is 1. The average molecular weight is 733 g/mol. The first kappa shape index (κ1) is 34.2. The molecule has 0 bridgehead atoms. The molecule has 2 atom stereocenters. The molecule has 0 fully saturated rings. The number of aromatic nitrogens is 3. The summed E-state index contributed by atoms with van der Waals surface area (Å²) in [6.07, 6.45) is 5.21. The van der Waals surface area contributed by atoms with Crippen LogP contribution in [0.1, 0.15) is 28.7 Å². The molecule has 1 amide bonds. The number of ether oxygens (including phenoxy) is 1. The molecule has 0 saturated carbocycles. The third kappa shape index (κ3) is 6.93. The molecule has 0 saturated heterocycles. The highest BCUT2D eigenvalue weighted by molar-refractivity contribution is 7.99. The van der Waals surface area contributed by atoms with Crippen molar-refractivity contribution in [2.45, 2.75) is 16.7 Å². The third-order valence-electron chi connectivity index (χ3n) is 8.35. The minimum atomic E-state index is -4.04. The molecule has 3 aromatic heterocycles. The van der Waals surface area contributed by atoms with Crippen LogP contribution in [0.5, 0.6) is 5.75 Å². The van der Waals surface area contributed by atoms with Crippen LogP contribution in [0.25, 0.3) is 43.2 Å². The summed E-state index contributed by atoms with van der Waals surface area (Å²) in [5.74, 6) is -1.05. The predicted octanol–water partition coefficient (Wildman–Crippen LogP) is 9.41. The van der Waals surface area contributed by atoms with Crippen molar-refractivity contribution in [3.8, 4) is 5.75 Å². The van der Waals surface area contributed by atoms with Gasteiger partial charge < -0.3 is 14.6 Å². The van der Waals surface area contributed by atoms with E-state index in [2.05, 4.69) is 10.3 Å². The van der Waals surface area contributed by atoms with E-state index in [4.69, 9.17) is 14.4 Å². The second-order valence-corrected chi connectivity index (χ2v) is 16.2. The number of fused-ring (bicyclic) bond motifs is 4. The van der Waals surface area contributed by atoms with Gasteiger partial charge in [-0.2, -0.15) is 9.55 Å². The van der Waals surface area contributed by atoms with Gasteiger partial charge in [-0.1, -0.05) is 61.2 Å². The van der Waals surface area contributed by atoms with E-state index in [1.165, 1.54) is 23.3 Å². The molecule has 1 unspecified atom stereocenters. The Bertz CT molecular complexity index is 2490. The van der Waals surface area contributed by atoms with Crippen molar-refractivity contribution in [3.63, 3.8) is 0 Å². The number of rotatable bonds is 11. The minimum absolute atomic E-state index is 0.171. The molecule has 9 nitrogen and oxygen atoms in total. The van der Waals surface area contributed by atoms with E-state index in [1.54, 1.807) is 37.6 Å². The highest BCUT2D eigenvalue weighted by atomic mass is 32.2. The number of pyridine rings is 1. The minimum Gasteiger partial charge on any atom is -0.469 e. The van der Waals surface area contributed by atoms with Crippen LogP contribution in [-0.2, 0) is 14.1 Å². The van der Waals surface area contributed by atoms with Crippen molar-refractivity contribution >= 4 is 85.7 Å². The standard InChI is InChI=1S/C39H33N4O5PS2/c1-25(39(45)47-3)24-49(46,48-33-14-10-17-36-37(33)29-12-4-6-15-34(29)51-36)43-32-23-27(50-35-16-7-5-13-30(35)38(44)40-2)19-20-28(32)31(42-43)21-18-26-11-8-9-22-41-26/h4-23,25H,24H2,1-3H3,(H,40,44)/b21-18+/t25-,49?/m1/s1. The average Bonchev–Trinajstić information content (AvgIpc) is 3.73. The number of carbonyl (C=O) groups excluding carboxylic acids is 2. The predicted molar refractivity (Wildman–Crippen MR) is 206 cm³/mol. The van der Waals surface area contributed by atoms with Crippen molar-refractivity contribution < 1.29 is 23.4 Å². The van der Waals surface area contributed by atoms with E-state index in [1.807, 2.05) is 109 Å². The van der Waals surface area contributed by atoms with Gasteiger partial charge in [-0.3, -0.25) is 19.1 Å². The summed E-state index contributed by atoms with van der Waals surface area (Å²) in [4.78, 5) is 31.5. The van der Waals surface area contributed by atoms with E-state index in [9.17, 15) is 9.59 Å². The van der Waals surface area contributed by atoms with Crippen LogP contribution in [0, 0.1) is 5.92 Å². The van der Waals surface area contributed by atoms with Crippen molar-refractivity contribution in [2.75, 3.05) is 20.3 Å². The normalized spacial score (nSPS) is 13.4. The second kappa shape index (κ2) is 14.6. The van der Waals surface area contributed by atoms with Gasteiger partial charge in [-0.15, -0.1) is 11.3 Å². The quantitative estimate of drug-likeness (QED) is 0.103. The van der Waals surface area contributed by atoms with Crippen LogP contribution < -0.4 is 9.84 Å². The number of amides is 1. The lowest BCUT2D eigenvalue weighted by atomic mass is 10.1. The molecule has 1 N–H and O–H groups in total. The number of hydrogen-bond acceptors (Lipinski definition) is 9. The molecular weight excluding hydrogens is 700 g/mol. The van der Waals surface area contributed by atoms with Crippen molar-refractivity contribution in [1.29, 1.82) is 0 Å². The fraction of sp³-hybridized carbons (Fsp3) is 0.128. The highest BCUT2D eigenvalue weighted by Crippen LogP contribution is 2.54. The zero-order chi connectivity index (χ0) is 35.5. The lowest BCUT2D eigenvalue weighted by Gasteiger charge is -2.23. The zero-order valence-electron chi connectivity index (χ0n) is 28.0. The maximum Gasteiger partial charge on any atom is 0.364 e. The Hall–Kier alpha value is -5.22. The molecule has 256 valence electrons. The third-order valence-corrected chi connectivity index (χ3v) is 12.9. The molecule has 7 aromatic rings. The Balaban J connectivity index is 1.42. The Kier molecular flexibility index (Phi) is 9.77. The Labute approximate surface area is 302 Å². The van der Waals surface area contributed by atoms with Gasteiger partial charge in [0.05, 0.1) is 41.7 Å². The van der Waals surface area contributed by atoms with E-state index in [0.29, 0.717) is 22.5 Å². The number of thiophene rings is 1. The highest BCUT2D eigenvalue weighted by Gasteiger charge is 2.37. The van der Waals surface area contributed by atoms with Crippen molar-refractivity contribution in [1.82, 2.24) is 19.9 Å². The summed E-state index contributed by atoms with van der Waals surface area (Å²) in [5.41, 5.74) is 2.36. The van der Waals surface area contributed by atoms with Gasteiger partial charge in [0.2, 0.25) is 0 Å². The van der Waals surface area contributed by atoms with Gasteiger partial charge in [0.15, 0.2) is 0 Å². The first-order valence-electron chi connectivity index (χ1n) is 16.2. The van der Waals surface area contributed by atoms with E-state index in [-0.39, 0.29) is 12.1 Å². The first-order chi connectivity index (χ1) is 24.8. The molecule has 51 heavy (non-hydrogen) atoms. The molecule has 0 aliphatic rings. The van der Waals surface area contributed by atoms with Gasteiger partial charge in [0.1, 0.15) is 5.75 Å². The van der Waals surface area contributed by atoms with E-state index in [0.717, 1.165) is 41.0 Å². The Morgan fingerprint density at radius 2 is 1.73 bits per heavy atom. The molecule has 7 rings (SSSR count). The van der Waals surface area contributed by atoms with Crippen LogP contribution in [0.2, 0.25) is 0 Å². The summed E-state index contributed by atoms with van der Waals surface area (Å²) < 4.78 is 30.9. The number of esters is 1. The fourth-order valence-corrected chi connectivity index (χ4v) is 10.3. The van der Waals surface area contributed by atoms with Crippen LogP contribution in [0.3, 0.4) is 0 Å². The van der Waals surface area contributed by atoms with Gasteiger partial charge in [0.25, 0.3) is 5.91 Å². The smallest absolute Gasteiger partial charge is 0.364 e. The van der Waals surface area contributed by atoms with Gasteiger partial charge in [0, 0.05) is 48.6 Å². The summed E-state index contributed by atoms with van der Waals surface area (Å²) in [5, 5.41) is 10.2. The zero-order valence-corrected chi connectivity index (χ0v) is 30.5. The SMILES string of the molecule is CNC(=O)c1ccccc1Sc1ccc2c(/C=C/c3ccccn3)nn(P(=O)(C[C@@H](C)C(=O)OC)Oc3cccc4sc5ccccc5c34)c2c1. The van der Waals surface area contributed by atoms with E-state index < -0.39 is 19.4 Å². The summed E-state index contributed by atoms with van der Waals surface area (Å²) in [6, 6.07) is 32.5. The number of methoxy groups -OCH3 is 1. The van der Waals surface area contributed by atoms with Gasteiger partial charge >= 0.3 is 13.5 Å². The molecule has 0 radical (unpaired) electrons. The maximum atomic E-state index is 15.6. The number of nitrogens with zero attached hydrogens (tertiary/aromatic N) is 3. The summed E-state index contributed by atoms with van der Waals surface area (Å²) in [6.45, 7) is 1.67. The van der Waals surface area contributed by atoms with Crippen LogP contribution >= 0.6 is 30.6 Å². The molecule has 0 aliphatic carbocycles. The lowest BCUT2D eigenvalue weighted by molar-refractivity contribution is -0.144. The van der Waals surface area contributed by atoms with Crippen LogP contribution in [-0.4, -0.2) is 46.7 Å². The first-order valence-corrected chi connectivity index (χ1v) is 19.6. The molecule has 0 spiro atoms. The second-order valence-electron chi connectivity index (χ2n) is 11.8. The Morgan fingerprint density at radius 3 is 2.53 bits per heavy atom. The molecule has 4 aromatic carbocycles. The molecular formula is C39H33N4O5PS2. The lowest BCUT2D eigenvalue weighted by Crippen LogP contribution is -2.21. The van der Waals surface area contributed by atoms with Crippen molar-refractivity contribution in [3.05, 3.63) is 126 Å². The largest absolute Gasteiger partial charge is 0.469 e. The van der Waals surface area contributed by atoms with E-state index >= 15 is 4.57 Å². The van der Waals surface area contributed by atoms with Crippen LogP contribution in [0.15, 0.2) is 119 Å². The molecule has 0 aliphatic heterocycles. The molecule has 12 heteroatoms. The van der Waals surface area contributed by atoms with Crippen molar-refractivity contribution in [2.24, 2.45) is 5.92 Å². The van der Waals surface area contributed by atoms with Gasteiger partial charge in [-0.05, 0) is 72.8 Å². The van der Waals surface area contributed by atoms with Gasteiger partial charge in [-0.25, -0.2) is 0 Å². The maximum absolute atomic E-state index is 15.6. The molecule has 3 heterocycles. The number of hydrogen-bond donors (Lipinski definition) is 1. The fourth-order valence-electron chi connectivity index (χ4n) is 5.91. The number of carbonyl (C=O) groups is 2. The Morgan fingerprint density at radius 1 is 0.941 bits per heavy atom.